The molecule has 1 fully saturated rings. The van der Waals surface area contributed by atoms with Crippen LogP contribution in [0.4, 0.5) is 11.6 Å². The smallest absolute Gasteiger partial charge is 0.227 e. The molecule has 33 heavy (non-hydrogen) atoms. The van der Waals surface area contributed by atoms with Crippen molar-refractivity contribution in [1.82, 2.24) is 29.3 Å². The highest BCUT2D eigenvalue weighted by Gasteiger charge is 2.25. The molecule has 1 aromatic carbocycles. The van der Waals surface area contributed by atoms with Gasteiger partial charge in [-0.3, -0.25) is 9.80 Å². The second-order valence-corrected chi connectivity index (χ2v) is 9.14. The van der Waals surface area contributed by atoms with Crippen molar-refractivity contribution in [3.8, 4) is 11.4 Å². The van der Waals surface area contributed by atoms with Crippen LogP contribution in [-0.2, 0) is 6.54 Å². The van der Waals surface area contributed by atoms with Crippen LogP contribution in [0, 0.1) is 6.92 Å². The van der Waals surface area contributed by atoms with E-state index in [1.165, 1.54) is 18.5 Å². The number of aromatic nitrogens is 4. The molecule has 0 radical (unpaired) electrons. The second kappa shape index (κ2) is 10.4. The van der Waals surface area contributed by atoms with Gasteiger partial charge in [-0.05, 0) is 64.0 Å². The molecule has 0 amide bonds. The van der Waals surface area contributed by atoms with E-state index < -0.39 is 0 Å². The molecule has 1 aliphatic rings. The molecule has 4 rings (SSSR count). The molecular weight excluding hydrogens is 410 g/mol. The topological polar surface area (TPSA) is 62.1 Å². The standard InChI is InChI=1S/C26H37N7/c1-6-32(7-2)23-13-15-31(18-23)17-21-8-10-22(11-9-21)29-26-27-14-12-24(30-26)25-16-28-20(5)33(25)19(3)4/h8-12,14,16,19,23H,6-7,13,15,17-18H2,1-5H3,(H,27,29,30)/t23-/m0/s1. The van der Waals surface area contributed by atoms with E-state index in [9.17, 15) is 0 Å². The number of hydrogen-bond acceptors (Lipinski definition) is 6. The average Bonchev–Trinajstić information content (AvgIpc) is 3.43. The van der Waals surface area contributed by atoms with E-state index in [-0.39, 0.29) is 0 Å². The largest absolute Gasteiger partial charge is 0.324 e. The first-order chi connectivity index (χ1) is 16.0. The zero-order chi connectivity index (χ0) is 23.4. The third kappa shape index (κ3) is 5.42. The van der Waals surface area contributed by atoms with E-state index in [4.69, 9.17) is 4.98 Å². The fourth-order valence-corrected chi connectivity index (χ4v) is 4.93. The summed E-state index contributed by atoms with van der Waals surface area (Å²) in [7, 11) is 0. The number of benzene rings is 1. The first-order valence-electron chi connectivity index (χ1n) is 12.2. The van der Waals surface area contributed by atoms with E-state index in [1.807, 2.05) is 19.2 Å². The molecule has 1 saturated heterocycles. The van der Waals surface area contributed by atoms with Crippen LogP contribution in [0.25, 0.3) is 11.4 Å². The van der Waals surface area contributed by atoms with Gasteiger partial charge in [0.2, 0.25) is 5.95 Å². The zero-order valence-corrected chi connectivity index (χ0v) is 20.6. The predicted octanol–water partition coefficient (Wildman–Crippen LogP) is 4.89. The van der Waals surface area contributed by atoms with Crippen LogP contribution in [0.15, 0.2) is 42.7 Å². The molecule has 7 heteroatoms. The summed E-state index contributed by atoms with van der Waals surface area (Å²) < 4.78 is 2.20. The van der Waals surface area contributed by atoms with Crippen molar-refractivity contribution in [2.45, 2.75) is 59.7 Å². The molecule has 3 heterocycles. The zero-order valence-electron chi connectivity index (χ0n) is 20.6. The normalized spacial score (nSPS) is 16.8. The van der Waals surface area contributed by atoms with Crippen LogP contribution in [0.1, 0.15) is 51.5 Å². The van der Waals surface area contributed by atoms with Gasteiger partial charge in [-0.25, -0.2) is 15.0 Å². The highest BCUT2D eigenvalue weighted by Crippen LogP contribution is 2.24. The molecule has 0 spiro atoms. The maximum absolute atomic E-state index is 4.75. The number of likely N-dealkylation sites (tertiary alicyclic amines) is 1. The van der Waals surface area contributed by atoms with Gasteiger partial charge in [0.05, 0.1) is 17.6 Å². The van der Waals surface area contributed by atoms with E-state index in [2.05, 4.69) is 81.6 Å². The van der Waals surface area contributed by atoms with E-state index >= 15 is 0 Å². The Kier molecular flexibility index (Phi) is 7.40. The Morgan fingerprint density at radius 3 is 2.55 bits per heavy atom. The summed E-state index contributed by atoms with van der Waals surface area (Å²) in [6, 6.07) is 11.6. The monoisotopic (exact) mass is 447 g/mol. The molecule has 1 aliphatic heterocycles. The predicted molar refractivity (Wildman–Crippen MR) is 135 cm³/mol. The average molecular weight is 448 g/mol. The molecule has 176 valence electrons. The van der Waals surface area contributed by atoms with Gasteiger partial charge in [-0.1, -0.05) is 26.0 Å². The quantitative estimate of drug-likeness (QED) is 0.504. The Balaban J connectivity index is 1.40. The summed E-state index contributed by atoms with van der Waals surface area (Å²) in [5.41, 5.74) is 4.21. The number of imidazole rings is 1. The Morgan fingerprint density at radius 1 is 1.09 bits per heavy atom. The van der Waals surface area contributed by atoms with Crippen LogP contribution in [0.2, 0.25) is 0 Å². The van der Waals surface area contributed by atoms with Gasteiger partial charge in [-0.2, -0.15) is 0 Å². The first-order valence-corrected chi connectivity index (χ1v) is 12.2. The lowest BCUT2D eigenvalue weighted by Crippen LogP contribution is -2.37. The van der Waals surface area contributed by atoms with Crippen LogP contribution in [0.3, 0.4) is 0 Å². The molecule has 7 nitrogen and oxygen atoms in total. The lowest BCUT2D eigenvalue weighted by Gasteiger charge is -2.26. The Labute approximate surface area is 197 Å². The van der Waals surface area contributed by atoms with Crippen LogP contribution >= 0.6 is 0 Å². The van der Waals surface area contributed by atoms with Crippen molar-refractivity contribution in [3.63, 3.8) is 0 Å². The minimum atomic E-state index is 0.319. The molecule has 0 unspecified atom stereocenters. The highest BCUT2D eigenvalue weighted by molar-refractivity contribution is 5.59. The summed E-state index contributed by atoms with van der Waals surface area (Å²) in [4.78, 5) is 18.8. The fourth-order valence-electron chi connectivity index (χ4n) is 4.93. The summed E-state index contributed by atoms with van der Waals surface area (Å²) in [5.74, 6) is 1.58. The lowest BCUT2D eigenvalue weighted by molar-refractivity contribution is 0.209. The van der Waals surface area contributed by atoms with E-state index in [0.717, 1.165) is 49.1 Å². The SMILES string of the molecule is CCN(CC)[C@H]1CCN(Cc2ccc(Nc3nccc(-c4cnc(C)n4C(C)C)n3)cc2)C1. The van der Waals surface area contributed by atoms with E-state index in [1.54, 1.807) is 6.20 Å². The number of likely N-dealkylation sites (N-methyl/N-ethyl adjacent to an activating group) is 1. The molecule has 0 bridgehead atoms. The number of anilines is 2. The van der Waals surface area contributed by atoms with Crippen molar-refractivity contribution in [3.05, 3.63) is 54.1 Å². The molecule has 1 N–H and O–H groups in total. The Bertz CT molecular complexity index is 1040. The second-order valence-electron chi connectivity index (χ2n) is 9.14. The van der Waals surface area contributed by atoms with Gasteiger partial charge in [-0.15, -0.1) is 0 Å². The molecule has 3 aromatic rings. The number of aryl methyl sites for hydroxylation is 1. The van der Waals surface area contributed by atoms with Crippen molar-refractivity contribution in [1.29, 1.82) is 0 Å². The first kappa shape index (κ1) is 23.4. The van der Waals surface area contributed by atoms with Crippen LogP contribution < -0.4 is 5.32 Å². The van der Waals surface area contributed by atoms with Crippen LogP contribution in [-0.4, -0.2) is 61.5 Å². The summed E-state index contributed by atoms with van der Waals surface area (Å²) in [6.07, 6.45) is 4.95. The number of nitrogens with zero attached hydrogens (tertiary/aromatic N) is 6. The van der Waals surface area contributed by atoms with Gasteiger partial charge in [0.25, 0.3) is 0 Å². The highest BCUT2D eigenvalue weighted by atomic mass is 15.2. The van der Waals surface area contributed by atoms with E-state index in [0.29, 0.717) is 18.0 Å². The van der Waals surface area contributed by atoms with Gasteiger partial charge in [0.1, 0.15) is 5.82 Å². The summed E-state index contributed by atoms with van der Waals surface area (Å²) >= 11 is 0. The van der Waals surface area contributed by atoms with Crippen molar-refractivity contribution < 1.29 is 0 Å². The number of rotatable bonds is 9. The summed E-state index contributed by atoms with van der Waals surface area (Å²) in [6.45, 7) is 16.5. The molecular formula is C26H37N7. The minimum absolute atomic E-state index is 0.319. The van der Waals surface area contributed by atoms with Gasteiger partial charge in [0.15, 0.2) is 0 Å². The molecule has 2 aromatic heterocycles. The van der Waals surface area contributed by atoms with Crippen molar-refractivity contribution in [2.75, 3.05) is 31.5 Å². The van der Waals surface area contributed by atoms with Gasteiger partial charge in [0, 0.05) is 43.6 Å². The third-order valence-electron chi connectivity index (χ3n) is 6.61. The van der Waals surface area contributed by atoms with Crippen molar-refractivity contribution >= 4 is 11.6 Å². The number of hydrogen-bond donors (Lipinski definition) is 1. The minimum Gasteiger partial charge on any atom is -0.324 e. The molecule has 0 saturated carbocycles. The van der Waals surface area contributed by atoms with Crippen LogP contribution in [0.5, 0.6) is 0 Å². The molecule has 0 aliphatic carbocycles. The Morgan fingerprint density at radius 2 is 1.85 bits per heavy atom. The number of nitrogens with one attached hydrogen (secondary N) is 1. The third-order valence-corrected chi connectivity index (χ3v) is 6.61. The maximum Gasteiger partial charge on any atom is 0.227 e. The maximum atomic E-state index is 4.75. The summed E-state index contributed by atoms with van der Waals surface area (Å²) in [5, 5.41) is 3.36. The van der Waals surface area contributed by atoms with Gasteiger partial charge >= 0.3 is 0 Å². The fraction of sp³-hybridized carbons (Fsp3) is 0.500. The van der Waals surface area contributed by atoms with Crippen molar-refractivity contribution in [2.24, 2.45) is 0 Å². The van der Waals surface area contributed by atoms with Gasteiger partial charge < -0.3 is 9.88 Å². The molecule has 1 atom stereocenters. The Hall–Kier alpha value is -2.77. The lowest BCUT2D eigenvalue weighted by atomic mass is 10.2.